The van der Waals surface area contributed by atoms with Gasteiger partial charge in [-0.15, -0.1) is 69.4 Å². The molecule has 8 rings (SSSR count). The molecule has 4 aliphatic heterocycles. The number of benzene rings is 4. The van der Waals surface area contributed by atoms with E-state index in [0.29, 0.717) is 45.0 Å². The van der Waals surface area contributed by atoms with Crippen LogP contribution in [0.15, 0.2) is 164 Å². The first-order valence-corrected chi connectivity index (χ1v) is 23.6. The van der Waals surface area contributed by atoms with Crippen molar-refractivity contribution < 1.29 is 97.7 Å². The van der Waals surface area contributed by atoms with Crippen LogP contribution < -0.4 is 20.4 Å². The molecule has 22 heteroatoms. The van der Waals surface area contributed by atoms with Gasteiger partial charge in [-0.2, -0.15) is 0 Å². The molecule has 0 unspecified atom stereocenters. The number of aliphatic imine (C=N–C) groups is 4. The Morgan fingerprint density at radius 3 is 0.605 bits per heavy atom. The van der Waals surface area contributed by atoms with Crippen LogP contribution in [0.25, 0.3) is 0 Å². The van der Waals surface area contributed by atoms with Crippen molar-refractivity contribution >= 4 is 138 Å². The zero-order valence-electron chi connectivity index (χ0n) is 41.9. The Balaban J connectivity index is 0. The van der Waals surface area contributed by atoms with Gasteiger partial charge in [0.25, 0.3) is 0 Å². The van der Waals surface area contributed by atoms with Crippen LogP contribution in [0, 0.1) is 0 Å². The van der Waals surface area contributed by atoms with Gasteiger partial charge in [0, 0.05) is 22.3 Å². The summed E-state index contributed by atoms with van der Waals surface area (Å²) in [7, 11) is 0. The molecule has 4 heterocycles. The van der Waals surface area contributed by atoms with Crippen molar-refractivity contribution in [2.75, 3.05) is 10.7 Å². The monoisotopic (exact) mass is 1290 g/mol. The third-order valence-electron chi connectivity index (χ3n) is 8.46. The maximum absolute atomic E-state index is 12.3. The first-order chi connectivity index (χ1) is 34.8. The molecule has 0 saturated carbocycles. The predicted molar refractivity (Wildman–Crippen MR) is 282 cm³/mol. The maximum atomic E-state index is 12.3. The van der Waals surface area contributed by atoms with E-state index in [1.54, 1.807) is 72.8 Å². The molecule has 4 aromatic rings. The van der Waals surface area contributed by atoms with Gasteiger partial charge in [-0.1, -0.05) is 76.2 Å². The van der Waals surface area contributed by atoms with Gasteiger partial charge in [0.1, 0.15) is 22.8 Å². The SMILES string of the molecule is CC(=O)/C=C(/C)[O-].CC(=O)/C=C(/C)[O-].CC(=O)/C=C(/C)[O-].CC(=O)/C=C(/C)[O-].ClCCl.ClCCl.O=C1C(C2=Nc3ccccc3C2=O)=Nc2ccccc21.O=C1C(C2=Nc3ccccc3C2=O)=Nc2ccccc21.[Ru+2].[Ru+2]. The van der Waals surface area contributed by atoms with Crippen LogP contribution in [0.5, 0.6) is 0 Å². The average molecular weight is 1290 g/mol. The fourth-order valence-corrected chi connectivity index (χ4v) is 6.03. The van der Waals surface area contributed by atoms with Gasteiger partial charge in [-0.05, 0) is 101 Å². The van der Waals surface area contributed by atoms with Crippen LogP contribution in [-0.2, 0) is 58.1 Å². The number of rotatable bonds is 6. The second kappa shape index (κ2) is 37.3. The van der Waals surface area contributed by atoms with E-state index in [-0.39, 0.29) is 142 Å². The number of ketones is 8. The third kappa shape index (κ3) is 24.9. The van der Waals surface area contributed by atoms with Crippen LogP contribution >= 0.6 is 46.4 Å². The van der Waals surface area contributed by atoms with E-state index in [4.69, 9.17) is 46.4 Å². The van der Waals surface area contributed by atoms with Crippen molar-refractivity contribution in [3.8, 4) is 0 Å². The summed E-state index contributed by atoms with van der Waals surface area (Å²) in [5.74, 6) is -2.44. The van der Waals surface area contributed by atoms with Gasteiger partial charge in [-0.3, -0.25) is 38.4 Å². The molecule has 0 fully saturated rings. The van der Waals surface area contributed by atoms with Gasteiger partial charge in [-0.25, -0.2) is 20.0 Å². The Labute approximate surface area is 485 Å². The molecule has 0 atom stereocenters. The molecule has 0 spiro atoms. The summed E-state index contributed by atoms with van der Waals surface area (Å²) in [5, 5.41) is 40.3. The molecular formula is C54H48Cl4N4O12Ru2. The standard InChI is InChI=1S/2C16H8N2O2.4C5H8O2.2CH2Cl2.2Ru/c2*19-15-9-5-1-3-7-11(9)17-13(15)14-16(20)10-6-2-4-8-12(10)18-14;4*1-4(6)3-5(2)7;2*2-1-3;;/h2*1-8H;4*3,6H,1-2H3;2*1H2;;/q;;;;;;;;2*+2/p-4/b;;4*4-3-;;;;. The van der Waals surface area contributed by atoms with Crippen molar-refractivity contribution in [2.24, 2.45) is 20.0 Å². The number of carbonyl (C=O) groups is 8. The predicted octanol–water partition coefficient (Wildman–Crippen LogP) is 8.04. The number of hydrogen-bond acceptors (Lipinski definition) is 16. The molecule has 0 aromatic heterocycles. The quantitative estimate of drug-likeness (QED) is 0.0767. The molecule has 400 valence electrons. The van der Waals surface area contributed by atoms with E-state index in [0.717, 1.165) is 24.3 Å². The van der Waals surface area contributed by atoms with Crippen molar-refractivity contribution in [3.63, 3.8) is 0 Å². The molecular weight excluding hydrogens is 1240 g/mol. The summed E-state index contributed by atoms with van der Waals surface area (Å²) in [6.07, 6.45) is 4.22. The summed E-state index contributed by atoms with van der Waals surface area (Å²) in [6, 6.07) is 28.2. The number of para-hydroxylation sites is 4. The Morgan fingerprint density at radius 2 is 0.500 bits per heavy atom. The van der Waals surface area contributed by atoms with Crippen LogP contribution in [0.3, 0.4) is 0 Å². The Morgan fingerprint density at radius 1 is 0.355 bits per heavy atom. The van der Waals surface area contributed by atoms with Crippen molar-refractivity contribution in [1.82, 2.24) is 0 Å². The number of alkyl halides is 4. The van der Waals surface area contributed by atoms with Crippen molar-refractivity contribution in [3.05, 3.63) is 167 Å². The minimum Gasteiger partial charge on any atom is -0.876 e. The van der Waals surface area contributed by atoms with Crippen LogP contribution in [0.4, 0.5) is 22.7 Å². The third-order valence-corrected chi connectivity index (χ3v) is 8.46. The van der Waals surface area contributed by atoms with Crippen LogP contribution in [0.2, 0.25) is 0 Å². The van der Waals surface area contributed by atoms with E-state index >= 15 is 0 Å². The number of hydrogen-bond donors (Lipinski definition) is 0. The normalized spacial score (nSPS) is 13.0. The molecule has 0 saturated heterocycles. The van der Waals surface area contributed by atoms with Crippen molar-refractivity contribution in [1.29, 1.82) is 0 Å². The molecule has 16 nitrogen and oxygen atoms in total. The molecule has 0 radical (unpaired) electrons. The second-order valence-electron chi connectivity index (χ2n) is 14.9. The number of allylic oxidation sites excluding steroid dienone is 8. The largest absolute Gasteiger partial charge is 2.00 e. The number of Topliss-reactive ketones (excluding diaryl/α,β-unsaturated/α-hetero) is 4. The van der Waals surface area contributed by atoms with E-state index in [9.17, 15) is 58.8 Å². The molecule has 4 aromatic carbocycles. The first kappa shape index (κ1) is 71.6. The summed E-state index contributed by atoms with van der Waals surface area (Å²) in [6.45, 7) is 10.8. The number of fused-ring (bicyclic) bond motifs is 4. The zero-order valence-corrected chi connectivity index (χ0v) is 48.4. The topological polar surface area (TPSA) is 278 Å². The van der Waals surface area contributed by atoms with E-state index in [2.05, 4.69) is 20.0 Å². The minimum atomic E-state index is -0.236. The van der Waals surface area contributed by atoms with Gasteiger partial charge in [0.05, 0.1) is 33.4 Å². The Kier molecular flexibility index (Phi) is 35.1. The molecule has 0 bridgehead atoms. The number of carbonyl (C=O) groups excluding carboxylic acids is 8. The van der Waals surface area contributed by atoms with Gasteiger partial charge >= 0.3 is 39.0 Å². The summed E-state index contributed by atoms with van der Waals surface area (Å²) >= 11 is 19.1. The van der Waals surface area contributed by atoms with Gasteiger partial charge in [0.15, 0.2) is 23.1 Å². The minimum absolute atomic E-state index is 0. The smallest absolute Gasteiger partial charge is 0.876 e. The van der Waals surface area contributed by atoms with Crippen LogP contribution in [-0.4, -0.2) is 79.8 Å². The van der Waals surface area contributed by atoms with Gasteiger partial charge < -0.3 is 20.4 Å². The Bertz CT molecular complexity index is 2620. The molecule has 76 heavy (non-hydrogen) atoms. The van der Waals surface area contributed by atoms with E-state index in [1.807, 2.05) is 24.3 Å². The first-order valence-electron chi connectivity index (χ1n) is 21.4. The van der Waals surface area contributed by atoms with E-state index < -0.39 is 0 Å². The number of nitrogens with zero attached hydrogens (tertiary/aromatic N) is 4. The molecule has 0 N–H and O–H groups in total. The molecule has 4 aliphatic rings. The van der Waals surface area contributed by atoms with Crippen LogP contribution in [0.1, 0.15) is 96.8 Å². The van der Waals surface area contributed by atoms with Crippen molar-refractivity contribution in [2.45, 2.75) is 55.4 Å². The van der Waals surface area contributed by atoms with Gasteiger partial charge in [0.2, 0.25) is 23.1 Å². The Hall–Kier alpha value is -6.51. The van der Waals surface area contributed by atoms with E-state index in [1.165, 1.54) is 55.4 Å². The fraction of sp³-hybridized carbons (Fsp3) is 0.185. The maximum Gasteiger partial charge on any atom is 2.00 e. The fourth-order valence-electron chi connectivity index (χ4n) is 6.03. The zero-order chi connectivity index (χ0) is 56.2. The summed E-state index contributed by atoms with van der Waals surface area (Å²) < 4.78 is 0. The second-order valence-corrected chi connectivity index (χ2v) is 16.5. The number of halogens is 4. The summed E-state index contributed by atoms with van der Waals surface area (Å²) in [4.78, 5) is 106. The average Bonchev–Trinajstić information content (AvgIpc) is 4.03. The molecule has 0 aliphatic carbocycles. The molecule has 0 amide bonds. The summed E-state index contributed by atoms with van der Waals surface area (Å²) in [5.41, 5.74) is 5.06.